The molecule has 0 aliphatic rings. The van der Waals surface area contributed by atoms with Gasteiger partial charge in [-0.05, 0) is 59.3 Å². The molecule has 6 heteroatoms. The molecule has 1 radical (unpaired) electrons. The van der Waals surface area contributed by atoms with E-state index >= 15 is 0 Å². The number of hydrogen-bond donors (Lipinski definition) is 1. The van der Waals surface area contributed by atoms with Gasteiger partial charge in [0.25, 0.3) is 0 Å². The van der Waals surface area contributed by atoms with Crippen LogP contribution in [0.25, 0.3) is 49.9 Å². The molecule has 197 valence electrons. The Morgan fingerprint density at radius 1 is 0.700 bits per heavy atom. The maximum atomic E-state index is 9.81. The van der Waals surface area contributed by atoms with Crippen LogP contribution in [0.15, 0.2) is 128 Å². The van der Waals surface area contributed by atoms with Gasteiger partial charge < -0.3 is 10.1 Å². The molecule has 0 saturated carbocycles. The number of aromatic hydroxyl groups is 1. The summed E-state index contributed by atoms with van der Waals surface area (Å²) in [5.74, 6) is 0.177. The fourth-order valence-electron chi connectivity index (χ4n) is 4.48. The Morgan fingerprint density at radius 3 is 2.12 bits per heavy atom. The number of aryl methyl sites for hydroxylation is 1. The summed E-state index contributed by atoms with van der Waals surface area (Å²) in [6.45, 7) is 1.96. The largest absolute Gasteiger partial charge is 0.506 e. The van der Waals surface area contributed by atoms with E-state index in [2.05, 4.69) is 69.8 Å². The van der Waals surface area contributed by atoms with E-state index in [1.165, 1.54) is 21.3 Å². The Kier molecular flexibility index (Phi) is 8.11. The van der Waals surface area contributed by atoms with Gasteiger partial charge in [0.15, 0.2) is 0 Å². The number of nitrogens with zero attached hydrogens (tertiary/aromatic N) is 4. The molecular formula is C34H25IrN4O-. The molecule has 0 fully saturated rings. The Morgan fingerprint density at radius 2 is 1.40 bits per heavy atom. The number of aromatic nitrogens is 4. The molecule has 2 heterocycles. The third-order valence-corrected chi connectivity index (χ3v) is 6.48. The van der Waals surface area contributed by atoms with E-state index in [-0.39, 0.29) is 25.9 Å². The summed E-state index contributed by atoms with van der Waals surface area (Å²) >= 11 is 0. The van der Waals surface area contributed by atoms with Crippen LogP contribution in [0, 0.1) is 13.0 Å². The topological polar surface area (TPSA) is 63.8 Å². The molecule has 5 nitrogen and oxygen atoms in total. The maximum Gasteiger partial charge on any atom is 0.143 e. The van der Waals surface area contributed by atoms with Crippen LogP contribution in [0.4, 0.5) is 0 Å². The first-order chi connectivity index (χ1) is 19.2. The molecule has 0 spiro atoms. The second kappa shape index (κ2) is 12.0. The Hall–Kier alpha value is -4.64. The van der Waals surface area contributed by atoms with Crippen molar-refractivity contribution in [2.75, 3.05) is 0 Å². The van der Waals surface area contributed by atoms with E-state index in [0.717, 1.165) is 33.2 Å². The second-order valence-corrected chi connectivity index (χ2v) is 9.21. The number of benzene rings is 5. The Balaban J connectivity index is 0.000000162. The molecule has 0 bridgehead atoms. The summed E-state index contributed by atoms with van der Waals surface area (Å²) in [7, 11) is 0. The molecule has 0 saturated heterocycles. The van der Waals surface area contributed by atoms with Crippen molar-refractivity contribution in [1.29, 1.82) is 0 Å². The van der Waals surface area contributed by atoms with E-state index in [9.17, 15) is 5.11 Å². The van der Waals surface area contributed by atoms with Gasteiger partial charge >= 0.3 is 0 Å². The molecule has 0 unspecified atom stereocenters. The normalized spacial score (nSPS) is 10.5. The van der Waals surface area contributed by atoms with Gasteiger partial charge in [0.1, 0.15) is 22.5 Å². The number of phenolic OH excluding ortho intramolecular Hbond substituents is 1. The molecule has 5 aromatic carbocycles. The van der Waals surface area contributed by atoms with Crippen LogP contribution in [-0.2, 0) is 20.1 Å². The zero-order chi connectivity index (χ0) is 26.6. The summed E-state index contributed by atoms with van der Waals surface area (Å²) in [5, 5.41) is 20.8. The van der Waals surface area contributed by atoms with Crippen molar-refractivity contribution in [1.82, 2.24) is 20.0 Å². The number of phenols is 1. The third kappa shape index (κ3) is 5.69. The molecule has 0 aliphatic heterocycles. The molecule has 0 amide bonds. The van der Waals surface area contributed by atoms with Crippen LogP contribution in [0.1, 0.15) is 5.56 Å². The molecule has 1 N–H and O–H groups in total. The van der Waals surface area contributed by atoms with Crippen molar-refractivity contribution in [3.8, 4) is 33.8 Å². The van der Waals surface area contributed by atoms with Crippen molar-refractivity contribution in [2.45, 2.75) is 6.92 Å². The van der Waals surface area contributed by atoms with Gasteiger partial charge in [0.05, 0.1) is 0 Å². The minimum absolute atomic E-state index is 0. The molecule has 40 heavy (non-hydrogen) atoms. The van der Waals surface area contributed by atoms with Crippen molar-refractivity contribution in [3.05, 3.63) is 139 Å². The average Bonchev–Trinajstić information content (AvgIpc) is 3.43. The molecule has 0 aliphatic carbocycles. The molecule has 2 aromatic heterocycles. The molecule has 0 atom stereocenters. The zero-order valence-electron chi connectivity index (χ0n) is 21.7. The Labute approximate surface area is 246 Å². The number of pyridine rings is 1. The fourth-order valence-corrected chi connectivity index (χ4v) is 4.48. The van der Waals surface area contributed by atoms with Crippen LogP contribution >= 0.6 is 0 Å². The average molecular weight is 698 g/mol. The van der Waals surface area contributed by atoms with Crippen molar-refractivity contribution in [2.24, 2.45) is 0 Å². The summed E-state index contributed by atoms with van der Waals surface area (Å²) in [6, 6.07) is 43.3. The van der Waals surface area contributed by atoms with Crippen LogP contribution in [0.2, 0.25) is 0 Å². The summed E-state index contributed by atoms with van der Waals surface area (Å²) in [4.78, 5) is 6.01. The van der Waals surface area contributed by atoms with Crippen LogP contribution in [-0.4, -0.2) is 25.1 Å². The van der Waals surface area contributed by atoms with Crippen LogP contribution in [0.3, 0.4) is 0 Å². The van der Waals surface area contributed by atoms with E-state index in [0.29, 0.717) is 5.69 Å². The first-order valence-electron chi connectivity index (χ1n) is 12.7. The van der Waals surface area contributed by atoms with Gasteiger partial charge in [-0.15, -0.1) is 44.8 Å². The summed E-state index contributed by atoms with van der Waals surface area (Å²) in [5.41, 5.74) is 7.66. The maximum absolute atomic E-state index is 9.81. The smallest absolute Gasteiger partial charge is 0.143 e. The van der Waals surface area contributed by atoms with E-state index in [1.807, 2.05) is 79.9 Å². The predicted molar refractivity (Wildman–Crippen MR) is 157 cm³/mol. The van der Waals surface area contributed by atoms with E-state index < -0.39 is 0 Å². The number of rotatable bonds is 3. The molecular weight excluding hydrogens is 673 g/mol. The quantitative estimate of drug-likeness (QED) is 0.192. The predicted octanol–water partition coefficient (Wildman–Crippen LogP) is 7.80. The Bertz CT molecular complexity index is 1840. The van der Waals surface area contributed by atoms with Gasteiger partial charge in [-0.3, -0.25) is 0 Å². The minimum Gasteiger partial charge on any atom is -0.506 e. The van der Waals surface area contributed by atoms with Crippen LogP contribution < -0.4 is 0 Å². The zero-order valence-corrected chi connectivity index (χ0v) is 24.1. The summed E-state index contributed by atoms with van der Waals surface area (Å²) in [6.07, 6.45) is 1.86. The van der Waals surface area contributed by atoms with Gasteiger partial charge in [0.2, 0.25) is 0 Å². The summed E-state index contributed by atoms with van der Waals surface area (Å²) < 4.78 is 0. The van der Waals surface area contributed by atoms with Crippen molar-refractivity contribution in [3.63, 3.8) is 0 Å². The SMILES string of the molecule is Cc1ccc(O)c(-n2nc3ccccc3n2)c1.[Ir].[c-]1cc(-c2ccccc2)ccc1-c1nccc2ccccc12. The number of hydrogen-bond acceptors (Lipinski definition) is 4. The third-order valence-electron chi connectivity index (χ3n) is 6.48. The second-order valence-electron chi connectivity index (χ2n) is 9.21. The van der Waals surface area contributed by atoms with Crippen LogP contribution in [0.5, 0.6) is 5.75 Å². The monoisotopic (exact) mass is 698 g/mol. The van der Waals surface area contributed by atoms with Crippen molar-refractivity contribution >= 4 is 21.8 Å². The van der Waals surface area contributed by atoms with Crippen molar-refractivity contribution < 1.29 is 25.2 Å². The van der Waals surface area contributed by atoms with Gasteiger partial charge in [-0.1, -0.05) is 83.9 Å². The van der Waals surface area contributed by atoms with E-state index in [1.54, 1.807) is 6.07 Å². The van der Waals surface area contributed by atoms with E-state index in [4.69, 9.17) is 0 Å². The standard InChI is InChI=1S/C21H14N.C13H11N3O.Ir/c1-2-6-16(7-3-1)17-10-12-19(13-11-17)21-20-9-5-4-8-18(20)14-15-22-21;1-9-6-7-13(17)12(8-9)16-14-10-4-2-3-5-11(10)15-16;/h1-12,14-15H;2-8,17H,1H3;/q-1;;. The van der Waals surface area contributed by atoms with Gasteiger partial charge in [-0.25, -0.2) is 0 Å². The first kappa shape index (κ1) is 26.9. The minimum atomic E-state index is 0. The number of fused-ring (bicyclic) bond motifs is 2. The fraction of sp³-hybridized carbons (Fsp3) is 0.0294. The molecule has 7 rings (SSSR count). The molecule has 7 aromatic rings. The first-order valence-corrected chi connectivity index (χ1v) is 12.7. The van der Waals surface area contributed by atoms with Gasteiger partial charge in [-0.2, -0.15) is 0 Å². The van der Waals surface area contributed by atoms with Gasteiger partial charge in [0, 0.05) is 26.3 Å².